The van der Waals surface area contributed by atoms with E-state index < -0.39 is 22.6 Å². The fourth-order valence-electron chi connectivity index (χ4n) is 4.18. The van der Waals surface area contributed by atoms with Crippen molar-refractivity contribution >= 4 is 21.9 Å². The molecular weight excluding hydrogens is 420 g/mol. The molecule has 0 unspecified atom stereocenters. The number of nitrogens with one attached hydrogen (secondary N) is 1. The van der Waals surface area contributed by atoms with Crippen molar-refractivity contribution in [3.05, 3.63) is 29.3 Å². The Labute approximate surface area is 184 Å². The molecule has 0 radical (unpaired) electrons. The molecule has 0 aromatic heterocycles. The second kappa shape index (κ2) is 10.1. The molecular formula is C22H32N2O6S. The third-order valence-corrected chi connectivity index (χ3v) is 8.44. The van der Waals surface area contributed by atoms with E-state index in [1.807, 2.05) is 0 Å². The van der Waals surface area contributed by atoms with E-state index in [4.69, 9.17) is 9.47 Å². The molecule has 1 heterocycles. The Kier molecular flexibility index (Phi) is 7.72. The van der Waals surface area contributed by atoms with Crippen molar-refractivity contribution in [1.29, 1.82) is 0 Å². The predicted octanol–water partition coefficient (Wildman–Crippen LogP) is 2.11. The van der Waals surface area contributed by atoms with E-state index in [9.17, 15) is 18.0 Å². The maximum Gasteiger partial charge on any atom is 0.338 e. The smallest absolute Gasteiger partial charge is 0.338 e. The average Bonchev–Trinajstić information content (AvgIpc) is 2.76. The summed E-state index contributed by atoms with van der Waals surface area (Å²) in [7, 11) is -3.74. The minimum absolute atomic E-state index is 0.0679. The molecule has 1 aromatic rings. The lowest BCUT2D eigenvalue weighted by Gasteiger charge is -2.34. The molecule has 2 fully saturated rings. The zero-order chi connectivity index (χ0) is 22.6. The van der Waals surface area contributed by atoms with E-state index in [-0.39, 0.29) is 35.5 Å². The van der Waals surface area contributed by atoms with Gasteiger partial charge < -0.3 is 14.8 Å². The number of rotatable bonds is 6. The molecule has 3 atom stereocenters. The van der Waals surface area contributed by atoms with Gasteiger partial charge in [-0.3, -0.25) is 4.79 Å². The van der Waals surface area contributed by atoms with E-state index in [1.165, 1.54) is 16.4 Å². The summed E-state index contributed by atoms with van der Waals surface area (Å²) in [6.45, 7) is 6.83. The van der Waals surface area contributed by atoms with Gasteiger partial charge in [0.15, 0.2) is 6.61 Å². The molecule has 1 amide bonds. The number of amides is 1. The van der Waals surface area contributed by atoms with Gasteiger partial charge in [-0.2, -0.15) is 4.31 Å². The van der Waals surface area contributed by atoms with E-state index >= 15 is 0 Å². The maximum atomic E-state index is 13.0. The highest BCUT2D eigenvalue weighted by Gasteiger charge is 2.30. The zero-order valence-corrected chi connectivity index (χ0v) is 19.2. The normalized spacial score (nSPS) is 25.1. The van der Waals surface area contributed by atoms with Crippen molar-refractivity contribution in [2.75, 3.05) is 32.9 Å². The van der Waals surface area contributed by atoms with Crippen LogP contribution in [0.25, 0.3) is 0 Å². The zero-order valence-electron chi connectivity index (χ0n) is 18.4. The van der Waals surface area contributed by atoms with Gasteiger partial charge in [0.1, 0.15) is 0 Å². The summed E-state index contributed by atoms with van der Waals surface area (Å²) >= 11 is 0. The molecule has 8 nitrogen and oxygen atoms in total. The molecule has 1 aliphatic heterocycles. The lowest BCUT2D eigenvalue weighted by atomic mass is 9.78. The van der Waals surface area contributed by atoms with E-state index in [2.05, 4.69) is 19.2 Å². The highest BCUT2D eigenvalue weighted by molar-refractivity contribution is 7.89. The number of ether oxygens (including phenoxy) is 2. The van der Waals surface area contributed by atoms with Crippen LogP contribution in [0, 0.1) is 18.8 Å². The van der Waals surface area contributed by atoms with Crippen LogP contribution in [0.1, 0.15) is 49.0 Å². The molecule has 1 aromatic carbocycles. The average molecular weight is 453 g/mol. The van der Waals surface area contributed by atoms with Gasteiger partial charge in [-0.05, 0) is 42.9 Å². The number of morpholine rings is 1. The lowest BCUT2D eigenvalue weighted by molar-refractivity contribution is -0.125. The van der Waals surface area contributed by atoms with Gasteiger partial charge in [-0.25, -0.2) is 13.2 Å². The van der Waals surface area contributed by atoms with Crippen LogP contribution in [-0.4, -0.2) is 63.6 Å². The van der Waals surface area contributed by atoms with Crippen LogP contribution in [0.2, 0.25) is 0 Å². The first-order valence-electron chi connectivity index (χ1n) is 10.8. The molecule has 1 saturated carbocycles. The molecule has 1 saturated heterocycles. The monoisotopic (exact) mass is 452 g/mol. The Hall–Kier alpha value is -1.97. The fourth-order valence-corrected chi connectivity index (χ4v) is 5.84. The van der Waals surface area contributed by atoms with Crippen LogP contribution < -0.4 is 5.32 Å². The Balaban J connectivity index is 1.63. The van der Waals surface area contributed by atoms with Crippen molar-refractivity contribution in [2.45, 2.75) is 51.0 Å². The number of hydrogen-bond donors (Lipinski definition) is 1. The van der Waals surface area contributed by atoms with Gasteiger partial charge in [0.25, 0.3) is 5.91 Å². The van der Waals surface area contributed by atoms with Crippen LogP contribution in [0.3, 0.4) is 0 Å². The Morgan fingerprint density at radius 2 is 1.90 bits per heavy atom. The second-order valence-corrected chi connectivity index (χ2v) is 10.4. The number of nitrogens with zero attached hydrogens (tertiary/aromatic N) is 1. The predicted molar refractivity (Wildman–Crippen MR) is 115 cm³/mol. The van der Waals surface area contributed by atoms with Crippen molar-refractivity contribution in [3.63, 3.8) is 0 Å². The van der Waals surface area contributed by atoms with Crippen LogP contribution in [0.15, 0.2) is 23.1 Å². The summed E-state index contributed by atoms with van der Waals surface area (Å²) < 4.78 is 37.7. The Morgan fingerprint density at radius 1 is 1.19 bits per heavy atom. The first kappa shape index (κ1) is 23.7. The van der Waals surface area contributed by atoms with Crippen molar-refractivity contribution < 1.29 is 27.5 Å². The minimum atomic E-state index is -3.74. The number of carbonyl (C=O) groups is 2. The highest BCUT2D eigenvalue weighted by Crippen LogP contribution is 2.29. The van der Waals surface area contributed by atoms with Crippen LogP contribution >= 0.6 is 0 Å². The number of carbonyl (C=O) groups excluding carboxylic acids is 2. The van der Waals surface area contributed by atoms with E-state index in [0.717, 1.165) is 19.3 Å². The SMILES string of the molecule is Cc1ccc(C(=O)OCC(=O)N[C@@H]2CCC[C@H](C)[C@@H]2C)cc1S(=O)(=O)N1CCOCC1. The molecule has 0 spiro atoms. The third kappa shape index (κ3) is 5.64. The van der Waals surface area contributed by atoms with Gasteiger partial charge in [-0.1, -0.05) is 32.8 Å². The number of esters is 1. The van der Waals surface area contributed by atoms with Gasteiger partial charge in [-0.15, -0.1) is 0 Å². The van der Waals surface area contributed by atoms with Crippen molar-refractivity contribution in [3.8, 4) is 0 Å². The first-order valence-corrected chi connectivity index (χ1v) is 12.3. The summed E-state index contributed by atoms with van der Waals surface area (Å²) in [5.41, 5.74) is 0.645. The van der Waals surface area contributed by atoms with Gasteiger partial charge in [0.05, 0.1) is 23.7 Å². The molecule has 2 aliphatic rings. The summed E-state index contributed by atoms with van der Waals surface area (Å²) in [5, 5.41) is 2.96. The number of sulfonamides is 1. The summed E-state index contributed by atoms with van der Waals surface area (Å²) in [6.07, 6.45) is 3.15. The molecule has 3 rings (SSSR count). The second-order valence-electron chi connectivity index (χ2n) is 8.51. The molecule has 31 heavy (non-hydrogen) atoms. The summed E-state index contributed by atoms with van der Waals surface area (Å²) in [5.74, 6) is -0.148. The maximum absolute atomic E-state index is 13.0. The van der Waals surface area contributed by atoms with Gasteiger partial charge in [0, 0.05) is 19.1 Å². The number of aryl methyl sites for hydroxylation is 1. The van der Waals surface area contributed by atoms with Crippen LogP contribution in [0.5, 0.6) is 0 Å². The Morgan fingerprint density at radius 3 is 2.61 bits per heavy atom. The van der Waals surface area contributed by atoms with Crippen LogP contribution in [0.4, 0.5) is 0 Å². The lowest BCUT2D eigenvalue weighted by Crippen LogP contribution is -2.45. The van der Waals surface area contributed by atoms with E-state index in [1.54, 1.807) is 13.0 Å². The largest absolute Gasteiger partial charge is 0.452 e. The van der Waals surface area contributed by atoms with Crippen molar-refractivity contribution in [2.24, 2.45) is 11.8 Å². The summed E-state index contributed by atoms with van der Waals surface area (Å²) in [6, 6.07) is 4.50. The molecule has 1 N–H and O–H groups in total. The topological polar surface area (TPSA) is 102 Å². The summed E-state index contributed by atoms with van der Waals surface area (Å²) in [4.78, 5) is 24.8. The number of benzene rings is 1. The quantitative estimate of drug-likeness (QED) is 0.664. The minimum Gasteiger partial charge on any atom is -0.452 e. The first-order chi connectivity index (χ1) is 14.7. The molecule has 172 valence electrons. The van der Waals surface area contributed by atoms with Gasteiger partial charge in [0.2, 0.25) is 10.0 Å². The Bertz CT molecular complexity index is 911. The molecule has 1 aliphatic carbocycles. The van der Waals surface area contributed by atoms with Crippen molar-refractivity contribution in [1.82, 2.24) is 9.62 Å². The highest BCUT2D eigenvalue weighted by atomic mass is 32.2. The number of hydrogen-bond acceptors (Lipinski definition) is 6. The molecule has 0 bridgehead atoms. The fraction of sp³-hybridized carbons (Fsp3) is 0.636. The third-order valence-electron chi connectivity index (χ3n) is 6.40. The van der Waals surface area contributed by atoms with Gasteiger partial charge >= 0.3 is 5.97 Å². The van der Waals surface area contributed by atoms with Crippen LogP contribution in [-0.2, 0) is 24.3 Å². The molecule has 9 heteroatoms. The van der Waals surface area contributed by atoms with E-state index in [0.29, 0.717) is 30.6 Å². The standard InChI is InChI=1S/C22H32N2O6S/c1-15-5-4-6-19(17(15)3)23-21(25)14-30-22(26)18-8-7-16(2)20(13-18)31(27,28)24-9-11-29-12-10-24/h7-8,13,15,17,19H,4-6,9-12,14H2,1-3H3,(H,23,25)/t15-,17-,19+/m0/s1.